The van der Waals surface area contributed by atoms with Crippen LogP contribution in [0, 0.1) is 0 Å². The molecule has 176 valence electrons. The Kier molecular flexibility index (Phi) is 10.00. The van der Waals surface area contributed by atoms with Crippen LogP contribution in [0.2, 0.25) is 0 Å². The smallest absolute Gasteiger partial charge is 0.338 e. The molecule has 2 aliphatic rings. The van der Waals surface area contributed by atoms with Gasteiger partial charge in [-0.25, -0.2) is 19.2 Å². The van der Waals surface area contributed by atoms with Crippen LogP contribution in [0.3, 0.4) is 0 Å². The van der Waals surface area contributed by atoms with E-state index in [0.29, 0.717) is 37.2 Å². The summed E-state index contributed by atoms with van der Waals surface area (Å²) in [5.41, 5.74) is 1.16. The van der Waals surface area contributed by atoms with Crippen LogP contribution < -0.4 is 0 Å². The van der Waals surface area contributed by atoms with Gasteiger partial charge >= 0.3 is 23.9 Å². The van der Waals surface area contributed by atoms with Crippen LogP contribution in [0.5, 0.6) is 0 Å². The number of hydrogen-bond acceptors (Lipinski definition) is 9. The molecular formula is C23H24O10. The highest BCUT2D eigenvalue weighted by Gasteiger charge is 2.13. The third-order valence-corrected chi connectivity index (χ3v) is 4.35. The fourth-order valence-electron chi connectivity index (χ4n) is 2.50. The van der Waals surface area contributed by atoms with Crippen molar-refractivity contribution in [2.24, 2.45) is 0 Å². The summed E-state index contributed by atoms with van der Waals surface area (Å²) >= 11 is 0. The lowest BCUT2D eigenvalue weighted by atomic mass is 10.1. The molecule has 0 aromatic heterocycles. The second kappa shape index (κ2) is 12.9. The van der Waals surface area contributed by atoms with Gasteiger partial charge in [0.05, 0.1) is 42.1 Å². The molecule has 2 aromatic carbocycles. The van der Waals surface area contributed by atoms with E-state index in [-0.39, 0.29) is 29.7 Å². The van der Waals surface area contributed by atoms with E-state index in [0.717, 1.165) is 0 Å². The second-order valence-electron chi connectivity index (χ2n) is 6.87. The van der Waals surface area contributed by atoms with Crippen LogP contribution in [0.25, 0.3) is 0 Å². The molecule has 0 saturated heterocycles. The van der Waals surface area contributed by atoms with Crippen molar-refractivity contribution in [1.82, 2.24) is 0 Å². The minimum absolute atomic E-state index is 0.0666. The Morgan fingerprint density at radius 1 is 0.848 bits per heavy atom. The minimum atomic E-state index is -1.11. The van der Waals surface area contributed by atoms with Crippen molar-refractivity contribution >= 4 is 23.9 Å². The molecule has 2 aromatic rings. The maximum atomic E-state index is 11.5. The standard InChI is InChI=1S/C12H12O4.C11H12O6/c13-11-9-3-5-10(6-4-9)12(14)16-8-2-1-7-15-11;12-5-9(13)6-17-11(16)8-3-1-7(2-4-8)10(14)15/h3-6H,1-2,7-8H2;1-4,9,12-13H,5-6H2,(H,14,15). The Balaban J connectivity index is 0.000000234. The molecule has 1 atom stereocenters. The number of aliphatic hydroxyl groups is 2. The van der Waals surface area contributed by atoms with Gasteiger partial charge in [0.1, 0.15) is 12.7 Å². The number of hydrogen-bond donors (Lipinski definition) is 3. The fraction of sp³-hybridized carbons (Fsp3) is 0.304. The Hall–Kier alpha value is -3.76. The average Bonchev–Trinajstić information content (AvgIpc) is 2.83. The Labute approximate surface area is 189 Å². The predicted molar refractivity (Wildman–Crippen MR) is 113 cm³/mol. The molecule has 4 rings (SSSR count). The maximum Gasteiger partial charge on any atom is 0.338 e. The van der Waals surface area contributed by atoms with Crippen LogP contribution in [-0.2, 0) is 14.2 Å². The number of rotatable bonds is 5. The van der Waals surface area contributed by atoms with E-state index in [1.807, 2.05) is 0 Å². The molecule has 0 amide bonds. The van der Waals surface area contributed by atoms with E-state index in [4.69, 9.17) is 24.8 Å². The second-order valence-corrected chi connectivity index (χ2v) is 6.87. The van der Waals surface area contributed by atoms with E-state index in [1.165, 1.54) is 24.3 Å². The molecule has 0 radical (unpaired) electrons. The summed E-state index contributed by atoms with van der Waals surface area (Å²) in [6, 6.07) is 11.5. The maximum absolute atomic E-state index is 11.5. The summed E-state index contributed by atoms with van der Waals surface area (Å²) in [5, 5.41) is 26.1. The first-order valence-corrected chi connectivity index (χ1v) is 10.1. The monoisotopic (exact) mass is 460 g/mol. The average molecular weight is 460 g/mol. The number of carbonyl (C=O) groups excluding carboxylic acids is 3. The fourth-order valence-corrected chi connectivity index (χ4v) is 2.50. The topological polar surface area (TPSA) is 157 Å². The number of carbonyl (C=O) groups is 4. The van der Waals surface area contributed by atoms with E-state index >= 15 is 0 Å². The lowest BCUT2D eigenvalue weighted by Crippen LogP contribution is -2.21. The van der Waals surface area contributed by atoms with Crippen LogP contribution in [0.4, 0.5) is 0 Å². The summed E-state index contributed by atoms with van der Waals surface area (Å²) in [6.07, 6.45) is 0.293. The van der Waals surface area contributed by atoms with E-state index < -0.39 is 24.6 Å². The highest BCUT2D eigenvalue weighted by Crippen LogP contribution is 2.10. The van der Waals surface area contributed by atoms with Crippen LogP contribution in [-0.4, -0.2) is 71.7 Å². The molecule has 2 heterocycles. The van der Waals surface area contributed by atoms with E-state index in [1.54, 1.807) is 24.3 Å². The zero-order chi connectivity index (χ0) is 24.2. The Morgan fingerprint density at radius 2 is 1.30 bits per heavy atom. The third kappa shape index (κ3) is 8.36. The SMILES string of the molecule is O=C(O)c1ccc(C(=O)OCC(O)CO)cc1.O=C1OCCCCOC(=O)c2ccc1cc2. The van der Waals surface area contributed by atoms with Crippen molar-refractivity contribution in [2.45, 2.75) is 18.9 Å². The number of carboxylic acids is 1. The van der Waals surface area contributed by atoms with Crippen LogP contribution in [0.15, 0.2) is 48.5 Å². The molecule has 10 nitrogen and oxygen atoms in total. The van der Waals surface area contributed by atoms with Crippen molar-refractivity contribution in [3.05, 3.63) is 70.8 Å². The van der Waals surface area contributed by atoms with Gasteiger partial charge in [-0.1, -0.05) is 0 Å². The molecule has 1 unspecified atom stereocenters. The van der Waals surface area contributed by atoms with E-state index in [2.05, 4.69) is 4.74 Å². The lowest BCUT2D eigenvalue weighted by Gasteiger charge is -2.09. The van der Waals surface area contributed by atoms with Crippen molar-refractivity contribution in [1.29, 1.82) is 0 Å². The summed E-state index contributed by atoms with van der Waals surface area (Å²) in [4.78, 5) is 44.9. The first-order valence-electron chi connectivity index (χ1n) is 10.1. The number of aliphatic hydroxyl groups excluding tert-OH is 2. The normalized spacial score (nSPS) is 14.4. The molecule has 0 spiro atoms. The van der Waals surface area contributed by atoms with Gasteiger partial charge in [0.15, 0.2) is 0 Å². The molecule has 2 bridgehead atoms. The molecule has 33 heavy (non-hydrogen) atoms. The molecule has 10 heteroatoms. The Bertz CT molecular complexity index is 911. The van der Waals surface area contributed by atoms with Gasteiger partial charge in [-0.15, -0.1) is 0 Å². The first kappa shape index (κ1) is 25.5. The summed E-state index contributed by atoms with van der Waals surface area (Å²) < 4.78 is 14.8. The lowest BCUT2D eigenvalue weighted by molar-refractivity contribution is 0.00930. The zero-order valence-corrected chi connectivity index (χ0v) is 17.6. The summed E-state index contributed by atoms with van der Waals surface area (Å²) in [7, 11) is 0. The van der Waals surface area contributed by atoms with Crippen LogP contribution in [0.1, 0.15) is 54.3 Å². The van der Waals surface area contributed by atoms with Crippen molar-refractivity contribution in [3.8, 4) is 0 Å². The number of benzene rings is 2. The van der Waals surface area contributed by atoms with Gasteiger partial charge in [0, 0.05) is 0 Å². The largest absolute Gasteiger partial charge is 0.478 e. The number of carboxylic acid groups (broad SMARTS) is 1. The number of ether oxygens (including phenoxy) is 3. The molecule has 3 N–H and O–H groups in total. The molecular weight excluding hydrogens is 436 g/mol. The Morgan fingerprint density at radius 3 is 1.73 bits per heavy atom. The summed E-state index contributed by atoms with van der Waals surface area (Å²) in [6.45, 7) is -0.0858. The molecule has 2 aliphatic heterocycles. The van der Waals surface area contributed by atoms with Gasteiger partial charge in [-0.05, 0) is 61.4 Å². The van der Waals surface area contributed by atoms with E-state index in [9.17, 15) is 19.2 Å². The number of esters is 3. The van der Waals surface area contributed by atoms with Gasteiger partial charge in [-0.2, -0.15) is 0 Å². The highest BCUT2D eigenvalue weighted by atomic mass is 16.5. The first-order chi connectivity index (χ1) is 15.8. The van der Waals surface area contributed by atoms with Crippen molar-refractivity contribution in [2.75, 3.05) is 26.4 Å². The molecule has 0 aliphatic carbocycles. The number of aromatic carboxylic acids is 1. The predicted octanol–water partition coefficient (Wildman–Crippen LogP) is 1.69. The van der Waals surface area contributed by atoms with Gasteiger partial charge in [0.2, 0.25) is 0 Å². The van der Waals surface area contributed by atoms with Crippen LogP contribution >= 0.6 is 0 Å². The number of fused-ring (bicyclic) bond motifs is 9. The van der Waals surface area contributed by atoms with Gasteiger partial charge in [0.25, 0.3) is 0 Å². The molecule has 0 fully saturated rings. The highest BCUT2D eigenvalue weighted by molar-refractivity contribution is 5.93. The molecule has 0 saturated carbocycles. The quantitative estimate of drug-likeness (QED) is 0.443. The zero-order valence-electron chi connectivity index (χ0n) is 17.6. The third-order valence-electron chi connectivity index (χ3n) is 4.35. The van der Waals surface area contributed by atoms with Crippen molar-refractivity contribution in [3.63, 3.8) is 0 Å². The minimum Gasteiger partial charge on any atom is -0.478 e. The summed E-state index contributed by atoms with van der Waals surface area (Å²) in [5.74, 6) is -2.46. The van der Waals surface area contributed by atoms with Crippen molar-refractivity contribution < 1.29 is 48.7 Å². The van der Waals surface area contributed by atoms with Gasteiger partial charge in [-0.3, -0.25) is 0 Å². The van der Waals surface area contributed by atoms with Gasteiger partial charge < -0.3 is 29.5 Å².